The monoisotopic (exact) mass is 435 g/mol. The summed E-state index contributed by atoms with van der Waals surface area (Å²) >= 11 is 0. The summed E-state index contributed by atoms with van der Waals surface area (Å²) in [4.78, 5) is 23.3. The molecule has 8 heteroatoms. The fourth-order valence-corrected chi connectivity index (χ4v) is 3.35. The van der Waals surface area contributed by atoms with Crippen molar-refractivity contribution in [3.05, 3.63) is 59.4 Å². The Labute approximate surface area is 188 Å². The summed E-state index contributed by atoms with van der Waals surface area (Å²) in [6.45, 7) is 6.48. The Hall–Kier alpha value is -3.42. The summed E-state index contributed by atoms with van der Waals surface area (Å²) in [5.41, 5.74) is 3.19. The van der Waals surface area contributed by atoms with Gasteiger partial charge in [0.25, 0.3) is 11.8 Å². The molecule has 1 aliphatic rings. The van der Waals surface area contributed by atoms with Gasteiger partial charge in [0.1, 0.15) is 5.60 Å². The van der Waals surface area contributed by atoms with Crippen molar-refractivity contribution in [1.29, 1.82) is 0 Å². The van der Waals surface area contributed by atoms with Crippen molar-refractivity contribution in [3.8, 4) is 11.5 Å². The normalized spacial score (nSPS) is 13.6. The fourth-order valence-electron chi connectivity index (χ4n) is 3.35. The van der Waals surface area contributed by atoms with Crippen LogP contribution in [0.3, 0.4) is 0 Å². The zero-order valence-corrected chi connectivity index (χ0v) is 19.0. The van der Waals surface area contributed by atoms with E-state index < -0.39 is 11.7 Å². The third-order valence-electron chi connectivity index (χ3n) is 5.01. The van der Waals surface area contributed by atoms with Crippen LogP contribution in [0.1, 0.15) is 56.5 Å². The number of amides is 1. The molecule has 0 aliphatic heterocycles. The molecule has 1 aliphatic carbocycles. The number of carbonyl (C=O) groups is 1. The lowest BCUT2D eigenvalue weighted by Gasteiger charge is -2.19. The molecule has 0 spiro atoms. The summed E-state index contributed by atoms with van der Waals surface area (Å²) < 4.78 is 10.9. The fraction of sp³-hybridized carbons (Fsp3) is 0.417. The van der Waals surface area contributed by atoms with Gasteiger partial charge in [-0.15, -0.1) is 0 Å². The van der Waals surface area contributed by atoms with Gasteiger partial charge in [-0.1, -0.05) is 30.3 Å². The van der Waals surface area contributed by atoms with Gasteiger partial charge in [0.05, 0.1) is 23.5 Å². The minimum Gasteiger partial charge on any atom is -0.444 e. The zero-order chi connectivity index (χ0) is 22.7. The number of hydrogen-bond donors (Lipinski definition) is 1. The van der Waals surface area contributed by atoms with E-state index in [9.17, 15) is 4.79 Å². The SMILES string of the molecule is CN(Cc1ccccc1)c1noc(-c2ccc(CNC(=O)OC(C)(C)C)nc2C2CC2)n1. The quantitative estimate of drug-likeness (QED) is 0.576. The van der Waals surface area contributed by atoms with E-state index in [1.807, 2.05) is 63.1 Å². The standard InChI is InChI=1S/C24H29N5O3/c1-24(2,3)31-23(30)25-14-18-12-13-19(20(26-18)17-10-11-17)21-27-22(28-32-21)29(4)15-16-8-6-5-7-9-16/h5-9,12-13,17H,10-11,14-15H2,1-4H3,(H,25,30). The van der Waals surface area contributed by atoms with Crippen LogP contribution in [0.2, 0.25) is 0 Å². The molecule has 0 saturated heterocycles. The van der Waals surface area contributed by atoms with E-state index in [-0.39, 0.29) is 0 Å². The van der Waals surface area contributed by atoms with Crippen molar-refractivity contribution >= 4 is 12.0 Å². The Morgan fingerprint density at radius 1 is 1.16 bits per heavy atom. The minimum atomic E-state index is -0.538. The Balaban J connectivity index is 1.47. The van der Waals surface area contributed by atoms with Gasteiger partial charge in [0.15, 0.2) is 0 Å². The highest BCUT2D eigenvalue weighted by Crippen LogP contribution is 2.43. The number of ether oxygens (including phenoxy) is 1. The lowest BCUT2D eigenvalue weighted by atomic mass is 10.1. The van der Waals surface area contributed by atoms with Crippen molar-refractivity contribution in [3.63, 3.8) is 0 Å². The molecule has 3 aromatic rings. The molecular formula is C24H29N5O3. The van der Waals surface area contributed by atoms with Gasteiger partial charge in [-0.25, -0.2) is 4.79 Å². The topological polar surface area (TPSA) is 93.4 Å². The number of pyridine rings is 1. The van der Waals surface area contributed by atoms with Crippen LogP contribution in [0.4, 0.5) is 10.7 Å². The Bertz CT molecular complexity index is 1070. The number of hydrogen-bond acceptors (Lipinski definition) is 7. The van der Waals surface area contributed by atoms with Crippen LogP contribution in [-0.2, 0) is 17.8 Å². The Morgan fingerprint density at radius 2 is 1.91 bits per heavy atom. The summed E-state index contributed by atoms with van der Waals surface area (Å²) in [6.07, 6.45) is 1.70. The predicted octanol–water partition coefficient (Wildman–Crippen LogP) is 4.67. The van der Waals surface area contributed by atoms with Crippen LogP contribution < -0.4 is 10.2 Å². The van der Waals surface area contributed by atoms with Gasteiger partial charge in [-0.3, -0.25) is 4.98 Å². The van der Waals surface area contributed by atoms with E-state index >= 15 is 0 Å². The molecule has 0 unspecified atom stereocenters. The summed E-state index contributed by atoms with van der Waals surface area (Å²) in [5.74, 6) is 1.37. The van der Waals surface area contributed by atoms with Crippen LogP contribution >= 0.6 is 0 Å². The Morgan fingerprint density at radius 3 is 2.59 bits per heavy atom. The number of nitrogens with zero attached hydrogens (tertiary/aromatic N) is 4. The Kier molecular flexibility index (Phi) is 6.12. The van der Waals surface area contributed by atoms with Crippen molar-refractivity contribution < 1.29 is 14.1 Å². The molecule has 1 fully saturated rings. The summed E-state index contributed by atoms with van der Waals surface area (Å²) in [6, 6.07) is 14.0. The number of benzene rings is 1. The third kappa shape index (κ3) is 5.63. The van der Waals surface area contributed by atoms with E-state index in [1.54, 1.807) is 0 Å². The van der Waals surface area contributed by atoms with Crippen LogP contribution in [0.25, 0.3) is 11.5 Å². The van der Waals surface area contributed by atoms with Gasteiger partial charge in [-0.05, 0) is 56.5 Å². The van der Waals surface area contributed by atoms with Crippen LogP contribution in [0.5, 0.6) is 0 Å². The average molecular weight is 436 g/mol. The van der Waals surface area contributed by atoms with Gasteiger partial charge < -0.3 is 19.5 Å². The minimum absolute atomic E-state index is 0.295. The first kappa shape index (κ1) is 21.8. The number of aromatic nitrogens is 3. The number of rotatable bonds is 7. The van der Waals surface area contributed by atoms with Crippen molar-refractivity contribution in [1.82, 2.24) is 20.4 Å². The smallest absolute Gasteiger partial charge is 0.407 e. The second-order valence-electron chi connectivity index (χ2n) is 9.11. The van der Waals surface area contributed by atoms with Crippen LogP contribution in [0.15, 0.2) is 47.0 Å². The van der Waals surface area contributed by atoms with E-state index in [0.717, 1.165) is 29.8 Å². The maximum absolute atomic E-state index is 12.0. The predicted molar refractivity (Wildman–Crippen MR) is 121 cm³/mol. The lowest BCUT2D eigenvalue weighted by molar-refractivity contribution is 0.0523. The first-order valence-corrected chi connectivity index (χ1v) is 10.8. The van der Waals surface area contributed by atoms with E-state index in [1.165, 1.54) is 5.56 Å². The maximum Gasteiger partial charge on any atom is 0.407 e. The molecule has 8 nitrogen and oxygen atoms in total. The number of alkyl carbamates (subject to hydrolysis) is 1. The zero-order valence-electron chi connectivity index (χ0n) is 19.0. The molecule has 2 heterocycles. The molecule has 1 N–H and O–H groups in total. The maximum atomic E-state index is 12.0. The highest BCUT2D eigenvalue weighted by atomic mass is 16.6. The van der Waals surface area contributed by atoms with Crippen LogP contribution in [0, 0.1) is 0 Å². The second kappa shape index (κ2) is 8.98. The van der Waals surface area contributed by atoms with Crippen LogP contribution in [-0.4, -0.2) is 33.9 Å². The summed E-state index contributed by atoms with van der Waals surface area (Å²) in [7, 11) is 1.94. The molecule has 4 rings (SSSR count). The van der Waals surface area contributed by atoms with Crippen molar-refractivity contribution in [2.45, 2.75) is 58.2 Å². The van der Waals surface area contributed by atoms with Gasteiger partial charge in [-0.2, -0.15) is 4.98 Å². The van der Waals surface area contributed by atoms with E-state index in [0.29, 0.717) is 30.8 Å². The number of anilines is 1. The molecule has 1 aromatic carbocycles. The lowest BCUT2D eigenvalue weighted by Crippen LogP contribution is -2.32. The molecule has 0 bridgehead atoms. The number of carbonyl (C=O) groups excluding carboxylic acids is 1. The molecule has 1 amide bonds. The first-order chi connectivity index (χ1) is 15.3. The molecule has 32 heavy (non-hydrogen) atoms. The highest BCUT2D eigenvalue weighted by molar-refractivity contribution is 5.67. The van der Waals surface area contributed by atoms with E-state index in [2.05, 4.69) is 27.6 Å². The van der Waals surface area contributed by atoms with E-state index in [4.69, 9.17) is 14.2 Å². The second-order valence-corrected chi connectivity index (χ2v) is 9.11. The number of nitrogens with one attached hydrogen (secondary N) is 1. The molecule has 2 aromatic heterocycles. The molecule has 0 atom stereocenters. The van der Waals surface area contributed by atoms with Gasteiger partial charge in [0, 0.05) is 19.5 Å². The largest absolute Gasteiger partial charge is 0.444 e. The average Bonchev–Trinajstić information content (AvgIpc) is 3.48. The highest BCUT2D eigenvalue weighted by Gasteiger charge is 2.30. The third-order valence-corrected chi connectivity index (χ3v) is 5.01. The molecular weight excluding hydrogens is 406 g/mol. The summed E-state index contributed by atoms with van der Waals surface area (Å²) in [5, 5.41) is 6.93. The molecule has 1 saturated carbocycles. The van der Waals surface area contributed by atoms with Gasteiger partial charge in [0.2, 0.25) is 0 Å². The van der Waals surface area contributed by atoms with Gasteiger partial charge >= 0.3 is 6.09 Å². The van der Waals surface area contributed by atoms with Crippen molar-refractivity contribution in [2.75, 3.05) is 11.9 Å². The molecule has 0 radical (unpaired) electrons. The first-order valence-electron chi connectivity index (χ1n) is 10.8. The molecule has 168 valence electrons. The van der Waals surface area contributed by atoms with Crippen molar-refractivity contribution in [2.24, 2.45) is 0 Å².